The van der Waals surface area contributed by atoms with Gasteiger partial charge in [0.25, 0.3) is 5.56 Å². The summed E-state index contributed by atoms with van der Waals surface area (Å²) in [6.45, 7) is -0.226. The average Bonchev–Trinajstić information content (AvgIpc) is 3.19. The summed E-state index contributed by atoms with van der Waals surface area (Å²) in [5.74, 6) is 0.400. The minimum Gasteiger partial charge on any atom is -0.493 e. The van der Waals surface area contributed by atoms with Crippen LogP contribution in [0.4, 0.5) is 5.69 Å². The number of amides is 1. The third kappa shape index (κ3) is 2.94. The van der Waals surface area contributed by atoms with Gasteiger partial charge in [0.1, 0.15) is 6.54 Å². The molecule has 0 saturated carbocycles. The van der Waals surface area contributed by atoms with Crippen LogP contribution in [0.15, 0.2) is 53.6 Å². The van der Waals surface area contributed by atoms with E-state index in [1.165, 1.54) is 20.4 Å². The van der Waals surface area contributed by atoms with E-state index in [-0.39, 0.29) is 12.5 Å². The van der Waals surface area contributed by atoms with Crippen molar-refractivity contribution in [3.05, 3.63) is 59.1 Å². The molecular formula is C20H18N4O4. The fourth-order valence-electron chi connectivity index (χ4n) is 3.22. The molecule has 0 bridgehead atoms. The maximum absolute atomic E-state index is 12.9. The number of nitrogens with one attached hydrogen (secondary N) is 2. The van der Waals surface area contributed by atoms with Crippen LogP contribution in [-0.2, 0) is 11.3 Å². The molecule has 2 heterocycles. The lowest BCUT2D eigenvalue weighted by Gasteiger charge is -2.12. The Hall–Kier alpha value is -3.81. The van der Waals surface area contributed by atoms with Crippen LogP contribution in [0.2, 0.25) is 0 Å². The van der Waals surface area contributed by atoms with Crippen LogP contribution >= 0.6 is 0 Å². The van der Waals surface area contributed by atoms with E-state index in [9.17, 15) is 9.59 Å². The highest BCUT2D eigenvalue weighted by Crippen LogP contribution is 2.32. The summed E-state index contributed by atoms with van der Waals surface area (Å²) in [6, 6.07) is 10.9. The van der Waals surface area contributed by atoms with Gasteiger partial charge >= 0.3 is 0 Å². The number of hydrogen-bond acceptors (Lipinski definition) is 5. The number of rotatable bonds is 5. The van der Waals surface area contributed by atoms with Crippen molar-refractivity contribution in [2.24, 2.45) is 0 Å². The fourth-order valence-corrected chi connectivity index (χ4v) is 3.22. The quantitative estimate of drug-likeness (QED) is 0.556. The monoisotopic (exact) mass is 378 g/mol. The zero-order valence-corrected chi connectivity index (χ0v) is 15.4. The smallest absolute Gasteiger partial charge is 0.279 e. The molecule has 4 aromatic rings. The van der Waals surface area contributed by atoms with E-state index < -0.39 is 5.56 Å². The number of carbonyl (C=O) groups is 1. The number of benzene rings is 2. The van der Waals surface area contributed by atoms with Gasteiger partial charge in [-0.25, -0.2) is 4.68 Å². The Balaban J connectivity index is 1.68. The summed E-state index contributed by atoms with van der Waals surface area (Å²) < 4.78 is 11.7. The van der Waals surface area contributed by atoms with Crippen molar-refractivity contribution in [3.63, 3.8) is 0 Å². The van der Waals surface area contributed by atoms with Crippen molar-refractivity contribution in [2.45, 2.75) is 6.54 Å². The van der Waals surface area contributed by atoms with Gasteiger partial charge in [-0.3, -0.25) is 9.59 Å². The van der Waals surface area contributed by atoms with E-state index in [1.54, 1.807) is 24.4 Å². The molecule has 4 rings (SSSR count). The number of methoxy groups -OCH3 is 2. The highest BCUT2D eigenvalue weighted by molar-refractivity contribution is 6.01. The Labute approximate surface area is 159 Å². The highest BCUT2D eigenvalue weighted by atomic mass is 16.5. The lowest BCUT2D eigenvalue weighted by molar-refractivity contribution is -0.117. The first kappa shape index (κ1) is 17.6. The lowest BCUT2D eigenvalue weighted by atomic mass is 10.1. The standard InChI is InChI=1S/C20H18N4O4/c1-27-16-7-6-12-10-22-24(20(26)18(12)19(16)28-2)11-17(25)23-15-5-3-4-14-13(15)8-9-21-14/h3-10,21H,11H2,1-2H3,(H,23,25). The van der Waals surface area contributed by atoms with Crippen LogP contribution in [0, 0.1) is 0 Å². The van der Waals surface area contributed by atoms with Crippen molar-refractivity contribution < 1.29 is 14.3 Å². The summed E-state index contributed by atoms with van der Waals surface area (Å²) in [7, 11) is 2.96. The molecule has 1 amide bonds. The summed E-state index contributed by atoms with van der Waals surface area (Å²) in [4.78, 5) is 28.5. The maximum atomic E-state index is 12.9. The molecule has 0 atom stereocenters. The topological polar surface area (TPSA) is 98.2 Å². The van der Waals surface area contributed by atoms with Crippen LogP contribution in [-0.4, -0.2) is 34.9 Å². The molecule has 0 radical (unpaired) electrons. The number of aromatic nitrogens is 3. The van der Waals surface area contributed by atoms with Crippen molar-refractivity contribution >= 4 is 33.3 Å². The van der Waals surface area contributed by atoms with Gasteiger partial charge in [0.05, 0.1) is 31.5 Å². The molecule has 0 spiro atoms. The molecule has 0 saturated heterocycles. The number of anilines is 1. The first-order valence-corrected chi connectivity index (χ1v) is 8.59. The van der Waals surface area contributed by atoms with Crippen LogP contribution < -0.4 is 20.3 Å². The average molecular weight is 378 g/mol. The zero-order chi connectivity index (χ0) is 19.7. The summed E-state index contributed by atoms with van der Waals surface area (Å²) >= 11 is 0. The second-order valence-corrected chi connectivity index (χ2v) is 6.17. The fraction of sp³-hybridized carbons (Fsp3) is 0.150. The first-order chi connectivity index (χ1) is 13.6. The zero-order valence-electron chi connectivity index (χ0n) is 15.4. The molecule has 0 unspecified atom stereocenters. The predicted octanol–water partition coefficient (Wildman–Crippen LogP) is 2.53. The van der Waals surface area contributed by atoms with E-state index in [4.69, 9.17) is 9.47 Å². The number of nitrogens with zero attached hydrogens (tertiary/aromatic N) is 2. The molecule has 0 aliphatic heterocycles. The number of hydrogen-bond donors (Lipinski definition) is 2. The summed E-state index contributed by atoms with van der Waals surface area (Å²) in [6.07, 6.45) is 3.33. The van der Waals surface area contributed by atoms with Crippen LogP contribution in [0.1, 0.15) is 0 Å². The molecule has 2 aromatic carbocycles. The van der Waals surface area contributed by atoms with Crippen molar-refractivity contribution in [2.75, 3.05) is 19.5 Å². The van der Waals surface area contributed by atoms with E-state index in [2.05, 4.69) is 15.4 Å². The Morgan fingerprint density at radius 3 is 2.82 bits per heavy atom. The normalized spacial score (nSPS) is 10.9. The van der Waals surface area contributed by atoms with Crippen LogP contribution in [0.3, 0.4) is 0 Å². The predicted molar refractivity (Wildman–Crippen MR) is 106 cm³/mol. The third-order valence-corrected chi connectivity index (χ3v) is 4.52. The molecular weight excluding hydrogens is 360 g/mol. The molecule has 142 valence electrons. The summed E-state index contributed by atoms with van der Waals surface area (Å²) in [5, 5.41) is 8.76. The van der Waals surface area contributed by atoms with E-state index >= 15 is 0 Å². The molecule has 8 heteroatoms. The maximum Gasteiger partial charge on any atom is 0.279 e. The number of fused-ring (bicyclic) bond motifs is 2. The van der Waals surface area contributed by atoms with E-state index in [0.29, 0.717) is 28.0 Å². The van der Waals surface area contributed by atoms with Gasteiger partial charge in [-0.2, -0.15) is 5.10 Å². The second-order valence-electron chi connectivity index (χ2n) is 6.17. The van der Waals surface area contributed by atoms with Crippen LogP contribution in [0.25, 0.3) is 21.7 Å². The van der Waals surface area contributed by atoms with Crippen molar-refractivity contribution in [1.82, 2.24) is 14.8 Å². The number of ether oxygens (including phenoxy) is 2. The number of H-pyrrole nitrogens is 1. The largest absolute Gasteiger partial charge is 0.493 e. The minimum atomic E-state index is -0.428. The van der Waals surface area contributed by atoms with Gasteiger partial charge in [0, 0.05) is 22.5 Å². The Morgan fingerprint density at radius 2 is 2.04 bits per heavy atom. The van der Waals surface area contributed by atoms with Gasteiger partial charge in [0.2, 0.25) is 5.91 Å². The van der Waals surface area contributed by atoms with Gasteiger partial charge in [-0.1, -0.05) is 6.07 Å². The van der Waals surface area contributed by atoms with Crippen LogP contribution in [0.5, 0.6) is 11.5 Å². The molecule has 2 N–H and O–H groups in total. The van der Waals surface area contributed by atoms with Crippen molar-refractivity contribution in [3.8, 4) is 11.5 Å². The Kier molecular flexibility index (Phi) is 4.44. The van der Waals surface area contributed by atoms with E-state index in [1.807, 2.05) is 18.2 Å². The molecule has 0 aliphatic carbocycles. The second kappa shape index (κ2) is 7.07. The van der Waals surface area contributed by atoms with Gasteiger partial charge < -0.3 is 19.8 Å². The highest BCUT2D eigenvalue weighted by Gasteiger charge is 2.16. The SMILES string of the molecule is COc1ccc2cnn(CC(=O)Nc3cccc4[nH]ccc34)c(=O)c2c1OC. The Bertz CT molecular complexity index is 1240. The number of carbonyl (C=O) groups excluding carboxylic acids is 1. The number of aromatic amines is 1. The Morgan fingerprint density at radius 1 is 1.18 bits per heavy atom. The molecule has 2 aromatic heterocycles. The van der Waals surface area contributed by atoms with Gasteiger partial charge in [0.15, 0.2) is 11.5 Å². The molecule has 28 heavy (non-hydrogen) atoms. The molecule has 0 aliphatic rings. The van der Waals surface area contributed by atoms with Crippen molar-refractivity contribution in [1.29, 1.82) is 0 Å². The van der Waals surface area contributed by atoms with E-state index in [0.717, 1.165) is 15.6 Å². The summed E-state index contributed by atoms with van der Waals surface area (Å²) in [5.41, 5.74) is 1.15. The first-order valence-electron chi connectivity index (χ1n) is 8.59. The lowest BCUT2D eigenvalue weighted by Crippen LogP contribution is -2.29. The molecule has 8 nitrogen and oxygen atoms in total. The third-order valence-electron chi connectivity index (χ3n) is 4.52. The van der Waals surface area contributed by atoms with Gasteiger partial charge in [-0.05, 0) is 30.3 Å². The minimum absolute atomic E-state index is 0.226. The molecule has 0 fully saturated rings. The van der Waals surface area contributed by atoms with Gasteiger partial charge in [-0.15, -0.1) is 0 Å².